The van der Waals surface area contributed by atoms with Gasteiger partial charge in [-0.05, 0) is 25.1 Å². The summed E-state index contributed by atoms with van der Waals surface area (Å²) in [6.07, 6.45) is 6.18. The molecule has 0 atom stereocenters. The van der Waals surface area contributed by atoms with Crippen molar-refractivity contribution in [1.82, 2.24) is 19.9 Å². The molecule has 0 saturated heterocycles. The minimum Gasteiger partial charge on any atom is -0.370 e. The highest BCUT2D eigenvalue weighted by Crippen LogP contribution is 2.30. The van der Waals surface area contributed by atoms with Crippen LogP contribution >= 0.6 is 11.8 Å². The van der Waals surface area contributed by atoms with Crippen molar-refractivity contribution in [2.24, 2.45) is 0 Å². The summed E-state index contributed by atoms with van der Waals surface area (Å²) in [6, 6.07) is 0. The van der Waals surface area contributed by atoms with Crippen LogP contribution in [0.1, 0.15) is 44.5 Å². The molecule has 0 aromatic carbocycles. The van der Waals surface area contributed by atoms with Gasteiger partial charge in [0.25, 0.3) is 0 Å². The Morgan fingerprint density at radius 1 is 1.24 bits per heavy atom. The van der Waals surface area contributed by atoms with Gasteiger partial charge in [-0.3, -0.25) is 4.98 Å². The van der Waals surface area contributed by atoms with E-state index in [4.69, 9.17) is 0 Å². The number of nitrogens with one attached hydrogen (secondary N) is 1. The van der Waals surface area contributed by atoms with E-state index in [0.717, 1.165) is 40.2 Å². The van der Waals surface area contributed by atoms with Crippen molar-refractivity contribution >= 4 is 17.6 Å². The Morgan fingerprint density at radius 3 is 2.67 bits per heavy atom. The molecule has 2 aromatic heterocycles. The Bertz CT molecular complexity index is 586. The molecule has 0 amide bonds. The maximum Gasteiger partial charge on any atom is 0.134 e. The molecule has 2 rings (SSSR count). The van der Waals surface area contributed by atoms with Crippen molar-refractivity contribution in [3.63, 3.8) is 0 Å². The third-order valence-corrected chi connectivity index (χ3v) is 3.93. The average molecular weight is 303 g/mol. The topological polar surface area (TPSA) is 63.6 Å². The van der Waals surface area contributed by atoms with Crippen molar-refractivity contribution in [2.45, 2.75) is 50.1 Å². The molecule has 0 saturated carbocycles. The molecular formula is C15H21N5S. The van der Waals surface area contributed by atoms with Crippen LogP contribution in [-0.4, -0.2) is 26.5 Å². The molecule has 112 valence electrons. The molecule has 1 N–H and O–H groups in total. The number of hydrogen-bond acceptors (Lipinski definition) is 6. The fourth-order valence-corrected chi connectivity index (χ4v) is 2.54. The Labute approximate surface area is 130 Å². The average Bonchev–Trinajstić information content (AvgIpc) is 2.49. The molecular weight excluding hydrogens is 282 g/mol. The third-order valence-electron chi connectivity index (χ3n) is 2.92. The van der Waals surface area contributed by atoms with Crippen molar-refractivity contribution in [3.8, 4) is 0 Å². The summed E-state index contributed by atoms with van der Waals surface area (Å²) in [6.45, 7) is 9.30. The van der Waals surface area contributed by atoms with Crippen LogP contribution < -0.4 is 5.32 Å². The van der Waals surface area contributed by atoms with Gasteiger partial charge >= 0.3 is 0 Å². The molecule has 0 radical (unpaired) electrons. The molecule has 5 nitrogen and oxygen atoms in total. The molecule has 0 spiro atoms. The fourth-order valence-electron chi connectivity index (χ4n) is 1.72. The Morgan fingerprint density at radius 2 is 2.05 bits per heavy atom. The van der Waals surface area contributed by atoms with Crippen LogP contribution in [0.3, 0.4) is 0 Å². The van der Waals surface area contributed by atoms with Gasteiger partial charge in [0.2, 0.25) is 0 Å². The number of nitrogens with zero attached hydrogens (tertiary/aromatic N) is 4. The summed E-state index contributed by atoms with van der Waals surface area (Å²) >= 11 is 1.53. The van der Waals surface area contributed by atoms with Gasteiger partial charge in [-0.15, -0.1) is 0 Å². The van der Waals surface area contributed by atoms with Crippen LogP contribution in [0, 0.1) is 6.92 Å². The molecule has 2 aromatic rings. The molecule has 21 heavy (non-hydrogen) atoms. The Balaban J connectivity index is 2.36. The number of hydrogen-bond donors (Lipinski definition) is 1. The van der Waals surface area contributed by atoms with E-state index in [9.17, 15) is 0 Å². The van der Waals surface area contributed by atoms with Gasteiger partial charge in [-0.1, -0.05) is 20.8 Å². The first-order valence-corrected chi connectivity index (χ1v) is 7.99. The van der Waals surface area contributed by atoms with E-state index in [2.05, 4.69) is 46.0 Å². The summed E-state index contributed by atoms with van der Waals surface area (Å²) < 4.78 is 0. The van der Waals surface area contributed by atoms with Crippen molar-refractivity contribution < 1.29 is 0 Å². The lowest BCUT2D eigenvalue weighted by molar-refractivity contribution is 0.747. The van der Waals surface area contributed by atoms with Crippen LogP contribution in [0.2, 0.25) is 0 Å². The second kappa shape index (κ2) is 7.36. The molecule has 0 aliphatic heterocycles. The van der Waals surface area contributed by atoms with Gasteiger partial charge in [0.1, 0.15) is 21.7 Å². The first-order valence-electron chi connectivity index (χ1n) is 7.18. The minimum atomic E-state index is 0.286. The van der Waals surface area contributed by atoms with E-state index in [-0.39, 0.29) is 5.92 Å². The first kappa shape index (κ1) is 15.7. The predicted molar refractivity (Wildman–Crippen MR) is 85.8 cm³/mol. The van der Waals surface area contributed by atoms with Gasteiger partial charge in [-0.2, -0.15) is 0 Å². The number of aromatic nitrogens is 4. The van der Waals surface area contributed by atoms with Gasteiger partial charge in [0.15, 0.2) is 0 Å². The molecule has 0 fully saturated rings. The minimum absolute atomic E-state index is 0.286. The maximum atomic E-state index is 4.68. The molecule has 0 bridgehead atoms. The summed E-state index contributed by atoms with van der Waals surface area (Å²) in [4.78, 5) is 17.7. The van der Waals surface area contributed by atoms with E-state index in [1.54, 1.807) is 18.6 Å². The molecule has 0 unspecified atom stereocenters. The summed E-state index contributed by atoms with van der Waals surface area (Å²) in [7, 11) is 0. The second-order valence-electron chi connectivity index (χ2n) is 5.09. The lowest BCUT2D eigenvalue weighted by Gasteiger charge is -2.14. The van der Waals surface area contributed by atoms with Gasteiger partial charge in [-0.25, -0.2) is 15.0 Å². The standard InChI is InChI=1S/C15H21N5S/c1-5-6-18-14-11(4)15(20-13(19-14)10(2)3)21-12-9-16-7-8-17-12/h7-10H,5-6H2,1-4H3,(H,18,19,20). The lowest BCUT2D eigenvalue weighted by atomic mass is 10.2. The normalized spacial score (nSPS) is 10.9. The van der Waals surface area contributed by atoms with Crippen LogP contribution in [0.4, 0.5) is 5.82 Å². The lowest BCUT2D eigenvalue weighted by Crippen LogP contribution is -2.09. The molecule has 6 heteroatoms. The van der Waals surface area contributed by atoms with E-state index in [1.807, 2.05) is 6.92 Å². The van der Waals surface area contributed by atoms with E-state index in [0.29, 0.717) is 0 Å². The highest BCUT2D eigenvalue weighted by atomic mass is 32.2. The molecule has 0 aliphatic rings. The van der Waals surface area contributed by atoms with Crippen LogP contribution in [0.15, 0.2) is 28.6 Å². The first-order chi connectivity index (χ1) is 10.1. The van der Waals surface area contributed by atoms with E-state index in [1.165, 1.54) is 11.8 Å². The van der Waals surface area contributed by atoms with Crippen molar-refractivity contribution in [3.05, 3.63) is 30.0 Å². The highest BCUT2D eigenvalue weighted by Gasteiger charge is 2.14. The number of anilines is 1. The van der Waals surface area contributed by atoms with Crippen LogP contribution in [0.5, 0.6) is 0 Å². The van der Waals surface area contributed by atoms with Crippen LogP contribution in [-0.2, 0) is 0 Å². The molecule has 2 heterocycles. The fraction of sp³-hybridized carbons (Fsp3) is 0.467. The quantitative estimate of drug-likeness (QED) is 0.821. The summed E-state index contributed by atoms with van der Waals surface area (Å²) in [5.74, 6) is 2.06. The van der Waals surface area contributed by atoms with Gasteiger partial charge < -0.3 is 5.32 Å². The SMILES string of the molecule is CCCNc1nc(C(C)C)nc(Sc2cnccn2)c1C. The van der Waals surface area contributed by atoms with Gasteiger partial charge in [0.05, 0.1) is 6.20 Å². The van der Waals surface area contributed by atoms with E-state index < -0.39 is 0 Å². The summed E-state index contributed by atoms with van der Waals surface area (Å²) in [5.41, 5.74) is 1.06. The van der Waals surface area contributed by atoms with E-state index >= 15 is 0 Å². The maximum absolute atomic E-state index is 4.68. The van der Waals surface area contributed by atoms with Crippen LogP contribution in [0.25, 0.3) is 0 Å². The number of rotatable bonds is 6. The highest BCUT2D eigenvalue weighted by molar-refractivity contribution is 7.99. The van der Waals surface area contributed by atoms with Gasteiger partial charge in [0, 0.05) is 30.4 Å². The third kappa shape index (κ3) is 4.14. The zero-order chi connectivity index (χ0) is 15.2. The smallest absolute Gasteiger partial charge is 0.134 e. The second-order valence-corrected chi connectivity index (χ2v) is 6.10. The summed E-state index contributed by atoms with van der Waals surface area (Å²) in [5, 5.41) is 5.16. The predicted octanol–water partition coefficient (Wildman–Crippen LogP) is 3.67. The Kier molecular flexibility index (Phi) is 5.50. The zero-order valence-electron chi connectivity index (χ0n) is 12.9. The zero-order valence-corrected chi connectivity index (χ0v) is 13.7. The van der Waals surface area contributed by atoms with Crippen molar-refractivity contribution in [1.29, 1.82) is 0 Å². The largest absolute Gasteiger partial charge is 0.370 e. The van der Waals surface area contributed by atoms with Crippen molar-refractivity contribution in [2.75, 3.05) is 11.9 Å². The monoisotopic (exact) mass is 303 g/mol. The Hall–Kier alpha value is -1.69. The molecule has 0 aliphatic carbocycles.